The summed E-state index contributed by atoms with van der Waals surface area (Å²) in [6.07, 6.45) is 1.03. The van der Waals surface area contributed by atoms with Gasteiger partial charge < -0.3 is 15.8 Å². The van der Waals surface area contributed by atoms with E-state index in [2.05, 4.69) is 18.1 Å². The number of nitrogens with zero attached hydrogens (tertiary/aromatic N) is 1. The number of ether oxygens (including phenoxy) is 1. The van der Waals surface area contributed by atoms with Crippen molar-refractivity contribution >= 4 is 46.6 Å². The number of nitrogens with one attached hydrogen (secondary N) is 2. The van der Waals surface area contributed by atoms with Gasteiger partial charge in [0.15, 0.2) is 0 Å². The SMILES string of the molecule is Cc1ccc(S(=O)(=O)NC(=O)Nc2cccc(C(=O)OCCCCN(S)C(N)=O)c2)cc1. The maximum atomic E-state index is 12.3. The first-order valence-electron chi connectivity index (χ1n) is 9.52. The van der Waals surface area contributed by atoms with Gasteiger partial charge in [-0.05, 0) is 50.1 Å². The van der Waals surface area contributed by atoms with E-state index >= 15 is 0 Å². The van der Waals surface area contributed by atoms with Crippen molar-refractivity contribution in [3.05, 3.63) is 59.7 Å². The highest BCUT2D eigenvalue weighted by Gasteiger charge is 2.18. The second kappa shape index (κ2) is 11.4. The molecule has 0 radical (unpaired) electrons. The summed E-state index contributed by atoms with van der Waals surface area (Å²) in [6.45, 7) is 2.25. The molecule has 172 valence electrons. The number of carbonyl (C=O) groups is 3. The fourth-order valence-electron chi connectivity index (χ4n) is 2.50. The van der Waals surface area contributed by atoms with Crippen LogP contribution in [-0.4, -0.2) is 43.9 Å². The maximum Gasteiger partial charge on any atom is 0.338 e. The lowest BCUT2D eigenvalue weighted by Gasteiger charge is -2.12. The van der Waals surface area contributed by atoms with Crippen LogP contribution < -0.4 is 15.8 Å². The van der Waals surface area contributed by atoms with Gasteiger partial charge in [-0.15, -0.1) is 0 Å². The summed E-state index contributed by atoms with van der Waals surface area (Å²) in [4.78, 5) is 35.1. The van der Waals surface area contributed by atoms with Gasteiger partial charge in [-0.2, -0.15) is 0 Å². The molecule has 0 saturated carbocycles. The van der Waals surface area contributed by atoms with Crippen LogP contribution in [0, 0.1) is 6.92 Å². The summed E-state index contributed by atoms with van der Waals surface area (Å²) < 4.78 is 32.7. The first-order chi connectivity index (χ1) is 15.1. The molecule has 2 aromatic carbocycles. The molecule has 0 bridgehead atoms. The fraction of sp³-hybridized carbons (Fsp3) is 0.250. The van der Waals surface area contributed by atoms with Crippen LogP contribution in [0.3, 0.4) is 0 Å². The third-order valence-electron chi connectivity index (χ3n) is 4.17. The smallest absolute Gasteiger partial charge is 0.338 e. The van der Waals surface area contributed by atoms with E-state index in [0.717, 1.165) is 9.87 Å². The molecule has 0 heterocycles. The van der Waals surface area contributed by atoms with E-state index in [0.29, 0.717) is 19.4 Å². The first kappa shape index (κ1) is 25.0. The number of primary amides is 1. The van der Waals surface area contributed by atoms with Gasteiger partial charge in [0.2, 0.25) is 0 Å². The summed E-state index contributed by atoms with van der Waals surface area (Å²) in [5.41, 5.74) is 6.32. The van der Waals surface area contributed by atoms with E-state index in [1.165, 1.54) is 36.4 Å². The molecule has 0 aromatic heterocycles. The third-order valence-corrected chi connectivity index (χ3v) is 5.91. The van der Waals surface area contributed by atoms with Crippen molar-refractivity contribution in [3.8, 4) is 0 Å². The normalized spacial score (nSPS) is 10.8. The van der Waals surface area contributed by atoms with Crippen LogP contribution in [0.2, 0.25) is 0 Å². The maximum absolute atomic E-state index is 12.3. The highest BCUT2D eigenvalue weighted by molar-refractivity contribution is 7.90. The topological polar surface area (TPSA) is 148 Å². The molecule has 0 aliphatic carbocycles. The molecule has 0 saturated heterocycles. The number of thiol groups is 1. The minimum Gasteiger partial charge on any atom is -0.462 e. The van der Waals surface area contributed by atoms with Gasteiger partial charge in [0.1, 0.15) is 0 Å². The molecule has 32 heavy (non-hydrogen) atoms. The first-order valence-corrected chi connectivity index (χ1v) is 11.4. The third kappa shape index (κ3) is 7.78. The Balaban J connectivity index is 1.87. The molecule has 2 rings (SSSR count). The van der Waals surface area contributed by atoms with Gasteiger partial charge in [0.05, 0.1) is 17.1 Å². The van der Waals surface area contributed by atoms with Gasteiger partial charge in [-0.1, -0.05) is 36.6 Å². The highest BCUT2D eigenvalue weighted by Crippen LogP contribution is 2.14. The molecule has 2 aromatic rings. The van der Waals surface area contributed by atoms with Crippen LogP contribution in [0.4, 0.5) is 15.3 Å². The van der Waals surface area contributed by atoms with Gasteiger partial charge in [-0.3, -0.25) is 4.31 Å². The number of anilines is 1. The number of rotatable bonds is 9. The molecule has 0 aliphatic heterocycles. The van der Waals surface area contributed by atoms with Crippen molar-refractivity contribution < 1.29 is 27.5 Å². The van der Waals surface area contributed by atoms with Crippen molar-refractivity contribution in [2.24, 2.45) is 5.73 Å². The number of carbonyl (C=O) groups excluding carboxylic acids is 3. The number of sulfonamides is 1. The number of urea groups is 2. The molecule has 10 nitrogen and oxygen atoms in total. The number of nitrogens with two attached hydrogens (primary N) is 1. The minimum atomic E-state index is -4.04. The largest absolute Gasteiger partial charge is 0.462 e. The summed E-state index contributed by atoms with van der Waals surface area (Å²) in [5, 5.41) is 2.38. The van der Waals surface area contributed by atoms with Crippen LogP contribution >= 0.6 is 12.8 Å². The molecule has 0 atom stereocenters. The van der Waals surface area contributed by atoms with Crippen molar-refractivity contribution in [1.82, 2.24) is 9.03 Å². The number of benzene rings is 2. The second-order valence-corrected chi connectivity index (χ2v) is 8.92. The molecule has 0 unspecified atom stereocenters. The van der Waals surface area contributed by atoms with Crippen molar-refractivity contribution in [2.45, 2.75) is 24.7 Å². The van der Waals surface area contributed by atoms with E-state index in [1.807, 2.05) is 11.6 Å². The van der Waals surface area contributed by atoms with Gasteiger partial charge in [0.25, 0.3) is 10.0 Å². The average molecular weight is 481 g/mol. The zero-order valence-corrected chi connectivity index (χ0v) is 19.0. The van der Waals surface area contributed by atoms with E-state index in [-0.39, 0.29) is 22.8 Å². The van der Waals surface area contributed by atoms with E-state index in [4.69, 9.17) is 10.5 Å². The van der Waals surface area contributed by atoms with E-state index < -0.39 is 28.1 Å². The zero-order chi connectivity index (χ0) is 23.7. The Morgan fingerprint density at radius 1 is 1.09 bits per heavy atom. The number of esters is 1. The lowest BCUT2D eigenvalue weighted by Crippen LogP contribution is -2.34. The Labute approximate surface area is 191 Å². The molecule has 4 amide bonds. The molecule has 4 N–H and O–H groups in total. The lowest BCUT2D eigenvalue weighted by molar-refractivity contribution is 0.0497. The predicted octanol–water partition coefficient (Wildman–Crippen LogP) is 2.67. The van der Waals surface area contributed by atoms with Gasteiger partial charge in [0, 0.05) is 12.2 Å². The number of aryl methyl sites for hydroxylation is 1. The summed E-state index contributed by atoms with van der Waals surface area (Å²) in [7, 11) is -4.04. The number of amides is 4. The van der Waals surface area contributed by atoms with Gasteiger partial charge in [-0.25, -0.2) is 27.5 Å². The minimum absolute atomic E-state index is 0.0487. The Bertz CT molecular complexity index is 1070. The van der Waals surface area contributed by atoms with Crippen LogP contribution in [0.5, 0.6) is 0 Å². The fourth-order valence-corrected chi connectivity index (χ4v) is 3.55. The van der Waals surface area contributed by atoms with E-state index in [9.17, 15) is 22.8 Å². The van der Waals surface area contributed by atoms with Crippen molar-refractivity contribution in [1.29, 1.82) is 0 Å². The number of unbranched alkanes of at least 4 members (excludes halogenated alkanes) is 1. The number of hydrogen-bond donors (Lipinski definition) is 4. The standard InChI is InChI=1S/C20H24N4O6S2/c1-14-7-9-17(10-8-14)32(28,29)23-20(27)22-16-6-4-5-15(13-16)18(25)30-12-3-2-11-24(31)19(21)26/h4-10,13,31H,2-3,11-12H2,1H3,(H2,21,26)(H2,22,23,27). The molecular weight excluding hydrogens is 456 g/mol. The summed E-state index contributed by atoms with van der Waals surface area (Å²) in [5.74, 6) is -0.612. The molecule has 12 heteroatoms. The lowest BCUT2D eigenvalue weighted by atomic mass is 10.2. The predicted molar refractivity (Wildman–Crippen MR) is 122 cm³/mol. The zero-order valence-electron chi connectivity index (χ0n) is 17.3. The van der Waals surface area contributed by atoms with Crippen LogP contribution in [-0.2, 0) is 14.8 Å². The van der Waals surface area contributed by atoms with Gasteiger partial charge >= 0.3 is 18.0 Å². The van der Waals surface area contributed by atoms with Crippen LogP contribution in [0.1, 0.15) is 28.8 Å². The molecule has 0 spiro atoms. The average Bonchev–Trinajstić information content (AvgIpc) is 2.73. The van der Waals surface area contributed by atoms with Crippen molar-refractivity contribution in [3.63, 3.8) is 0 Å². The monoisotopic (exact) mass is 480 g/mol. The summed E-state index contributed by atoms with van der Waals surface area (Å²) in [6, 6.07) is 10.3. The van der Waals surface area contributed by atoms with E-state index in [1.54, 1.807) is 12.1 Å². The Hall–Kier alpha value is -3.25. The second-order valence-electron chi connectivity index (χ2n) is 6.76. The quantitative estimate of drug-likeness (QED) is 0.246. The Morgan fingerprint density at radius 2 is 1.78 bits per heavy atom. The van der Waals surface area contributed by atoms with Crippen LogP contribution in [0.15, 0.2) is 53.4 Å². The number of hydrogen-bond acceptors (Lipinski definition) is 7. The van der Waals surface area contributed by atoms with Crippen LogP contribution in [0.25, 0.3) is 0 Å². The van der Waals surface area contributed by atoms with Crippen molar-refractivity contribution in [2.75, 3.05) is 18.5 Å². The molecule has 0 fully saturated rings. The molecule has 0 aliphatic rings. The summed E-state index contributed by atoms with van der Waals surface area (Å²) >= 11 is 3.89. The Morgan fingerprint density at radius 3 is 2.44 bits per heavy atom. The highest BCUT2D eigenvalue weighted by atomic mass is 32.2. The Kier molecular flexibility index (Phi) is 8.91. The molecular formula is C20H24N4O6S2.